The summed E-state index contributed by atoms with van der Waals surface area (Å²) < 4.78 is 0. The number of hydrogen-bond donors (Lipinski definition) is 4. The monoisotopic (exact) mass is 235 g/mol. The van der Waals surface area contributed by atoms with Crippen molar-refractivity contribution in [3.8, 4) is 6.07 Å². The summed E-state index contributed by atoms with van der Waals surface area (Å²) in [5.74, 6) is -0.737. The van der Waals surface area contributed by atoms with E-state index in [1.54, 1.807) is 6.07 Å². The van der Waals surface area contributed by atoms with Crippen molar-refractivity contribution >= 4 is 11.6 Å². The number of aliphatic hydroxyl groups excluding tert-OH is 2. The summed E-state index contributed by atoms with van der Waals surface area (Å²) in [4.78, 5) is 10.6. The Morgan fingerprint density at radius 1 is 1.47 bits per heavy atom. The number of benzene rings is 1. The Hall–Kier alpha value is -2.10. The van der Waals surface area contributed by atoms with E-state index in [0.29, 0.717) is 0 Å². The molecule has 0 heterocycles. The second kappa shape index (κ2) is 5.30. The highest BCUT2D eigenvalue weighted by molar-refractivity contribution is 5.74. The van der Waals surface area contributed by atoms with Crippen LogP contribution in [0.15, 0.2) is 18.2 Å². The van der Waals surface area contributed by atoms with Gasteiger partial charge in [0.15, 0.2) is 0 Å². The lowest BCUT2D eigenvalue weighted by atomic mass is 9.96. The topological polar surface area (TPSA) is 133 Å². The van der Waals surface area contributed by atoms with E-state index >= 15 is 0 Å². The molecule has 0 fully saturated rings. The van der Waals surface area contributed by atoms with Crippen molar-refractivity contribution in [2.45, 2.75) is 18.6 Å². The number of aliphatic hydroxyl groups is 2. The van der Waals surface area contributed by atoms with E-state index < -0.39 is 18.1 Å². The van der Waals surface area contributed by atoms with E-state index in [9.17, 15) is 15.0 Å². The van der Waals surface area contributed by atoms with Crippen LogP contribution in [0.3, 0.4) is 0 Å². The van der Waals surface area contributed by atoms with Crippen LogP contribution in [0.25, 0.3) is 0 Å². The lowest BCUT2D eigenvalue weighted by molar-refractivity contribution is -0.121. The number of nitriles is 1. The molecule has 1 rings (SSSR count). The molecule has 17 heavy (non-hydrogen) atoms. The Kier molecular flexibility index (Phi) is 4.04. The number of anilines is 1. The zero-order chi connectivity index (χ0) is 13.0. The van der Waals surface area contributed by atoms with Gasteiger partial charge in [0.25, 0.3) is 0 Å². The number of carbonyl (C=O) groups is 1. The summed E-state index contributed by atoms with van der Waals surface area (Å²) in [7, 11) is 0. The molecule has 90 valence electrons. The van der Waals surface area contributed by atoms with E-state index in [-0.39, 0.29) is 23.2 Å². The number of primary amides is 1. The molecule has 0 saturated carbocycles. The van der Waals surface area contributed by atoms with Crippen molar-refractivity contribution in [3.05, 3.63) is 29.3 Å². The first-order chi connectivity index (χ1) is 7.97. The number of nitrogens with zero attached hydrogens (tertiary/aromatic N) is 1. The normalized spacial score (nSPS) is 13.7. The minimum absolute atomic E-state index is 0.0866. The molecule has 6 heteroatoms. The number of nitrogens with two attached hydrogens (primary N) is 2. The molecule has 1 amide bonds. The lowest BCUT2D eigenvalue weighted by Crippen LogP contribution is -2.26. The predicted octanol–water partition coefficient (Wildman–Crippen LogP) is -0.590. The Morgan fingerprint density at radius 2 is 2.12 bits per heavy atom. The van der Waals surface area contributed by atoms with Crippen molar-refractivity contribution in [1.29, 1.82) is 5.26 Å². The second-order valence-corrected chi connectivity index (χ2v) is 3.61. The Bertz CT molecular complexity index is 468. The van der Waals surface area contributed by atoms with Crippen molar-refractivity contribution in [3.63, 3.8) is 0 Å². The molecule has 0 saturated heterocycles. The molecule has 0 aliphatic rings. The lowest BCUT2D eigenvalue weighted by Gasteiger charge is -2.18. The first kappa shape index (κ1) is 13.0. The Balaban J connectivity index is 3.04. The van der Waals surface area contributed by atoms with Gasteiger partial charge in [-0.1, -0.05) is 12.1 Å². The van der Waals surface area contributed by atoms with E-state index in [1.807, 2.05) is 6.07 Å². The molecule has 0 radical (unpaired) electrons. The van der Waals surface area contributed by atoms with Gasteiger partial charge in [0.2, 0.25) is 5.91 Å². The van der Waals surface area contributed by atoms with Gasteiger partial charge in [0, 0.05) is 11.3 Å². The maximum atomic E-state index is 10.6. The Labute approximate surface area is 98.1 Å². The predicted molar refractivity (Wildman–Crippen MR) is 60.3 cm³/mol. The van der Waals surface area contributed by atoms with Crippen LogP contribution in [0.4, 0.5) is 5.69 Å². The quantitative estimate of drug-likeness (QED) is 0.517. The van der Waals surface area contributed by atoms with Gasteiger partial charge in [-0.3, -0.25) is 4.79 Å². The van der Waals surface area contributed by atoms with Gasteiger partial charge in [-0.15, -0.1) is 0 Å². The van der Waals surface area contributed by atoms with Crippen molar-refractivity contribution in [1.82, 2.24) is 0 Å². The Morgan fingerprint density at radius 3 is 2.65 bits per heavy atom. The summed E-state index contributed by atoms with van der Waals surface area (Å²) in [6.07, 6.45) is -3.12. The fourth-order valence-electron chi connectivity index (χ4n) is 1.49. The fraction of sp³-hybridized carbons (Fsp3) is 0.273. The average Bonchev–Trinajstić information content (AvgIpc) is 2.26. The zero-order valence-electron chi connectivity index (χ0n) is 9.00. The molecule has 1 aromatic carbocycles. The van der Waals surface area contributed by atoms with Gasteiger partial charge < -0.3 is 21.7 Å². The average molecular weight is 235 g/mol. The molecular weight excluding hydrogens is 222 g/mol. The molecule has 2 atom stereocenters. The SMILES string of the molecule is N#Cc1c(N)cccc1C(O)C(O)CC(N)=O. The van der Waals surface area contributed by atoms with Crippen molar-refractivity contribution in [2.75, 3.05) is 5.73 Å². The molecular formula is C11H13N3O3. The third kappa shape index (κ3) is 2.93. The van der Waals surface area contributed by atoms with Crippen LogP contribution in [0.5, 0.6) is 0 Å². The summed E-state index contributed by atoms with van der Waals surface area (Å²) in [6, 6.07) is 6.36. The fourth-order valence-corrected chi connectivity index (χ4v) is 1.49. The van der Waals surface area contributed by atoms with Gasteiger partial charge in [0.05, 0.1) is 18.1 Å². The highest BCUT2D eigenvalue weighted by atomic mass is 16.3. The molecule has 6 nitrogen and oxygen atoms in total. The van der Waals surface area contributed by atoms with E-state index in [0.717, 1.165) is 0 Å². The van der Waals surface area contributed by atoms with Gasteiger partial charge in [-0.2, -0.15) is 5.26 Å². The van der Waals surface area contributed by atoms with Gasteiger partial charge in [-0.05, 0) is 6.07 Å². The zero-order valence-corrected chi connectivity index (χ0v) is 9.00. The van der Waals surface area contributed by atoms with Crippen LogP contribution < -0.4 is 11.5 Å². The molecule has 2 unspecified atom stereocenters. The maximum Gasteiger partial charge on any atom is 0.220 e. The number of hydrogen-bond acceptors (Lipinski definition) is 5. The third-order valence-corrected chi connectivity index (χ3v) is 2.33. The van der Waals surface area contributed by atoms with Crippen molar-refractivity contribution < 1.29 is 15.0 Å². The minimum Gasteiger partial charge on any atom is -0.398 e. The van der Waals surface area contributed by atoms with Gasteiger partial charge in [-0.25, -0.2) is 0 Å². The molecule has 0 aliphatic heterocycles. The number of rotatable bonds is 4. The number of nitrogen functional groups attached to an aromatic ring is 1. The smallest absolute Gasteiger partial charge is 0.220 e. The maximum absolute atomic E-state index is 10.6. The van der Waals surface area contributed by atoms with Crippen LogP contribution in [0.1, 0.15) is 23.7 Å². The molecule has 1 aromatic rings. The summed E-state index contributed by atoms with van der Waals surface area (Å²) in [5, 5.41) is 28.3. The summed E-state index contributed by atoms with van der Waals surface area (Å²) in [5.41, 5.74) is 10.9. The number of amides is 1. The summed E-state index contributed by atoms with van der Waals surface area (Å²) in [6.45, 7) is 0. The molecule has 6 N–H and O–H groups in total. The molecule has 0 aromatic heterocycles. The molecule has 0 aliphatic carbocycles. The van der Waals surface area contributed by atoms with Crippen LogP contribution in [-0.4, -0.2) is 22.2 Å². The van der Waals surface area contributed by atoms with Crippen LogP contribution in [0.2, 0.25) is 0 Å². The van der Waals surface area contributed by atoms with Crippen LogP contribution in [0, 0.1) is 11.3 Å². The first-order valence-corrected chi connectivity index (χ1v) is 4.90. The van der Waals surface area contributed by atoms with Gasteiger partial charge in [0.1, 0.15) is 12.2 Å². The molecule has 0 spiro atoms. The number of carbonyl (C=O) groups excluding carboxylic acids is 1. The standard InChI is InChI=1S/C11H13N3O3/c12-5-7-6(2-1-3-8(7)13)11(17)9(15)4-10(14)16/h1-3,9,11,15,17H,4,13H2,(H2,14,16). The minimum atomic E-state index is -1.37. The summed E-state index contributed by atoms with van der Waals surface area (Å²) >= 11 is 0. The van der Waals surface area contributed by atoms with E-state index in [2.05, 4.69) is 0 Å². The van der Waals surface area contributed by atoms with Crippen LogP contribution in [-0.2, 0) is 4.79 Å². The molecule has 0 bridgehead atoms. The third-order valence-electron chi connectivity index (χ3n) is 2.33. The van der Waals surface area contributed by atoms with Gasteiger partial charge >= 0.3 is 0 Å². The highest BCUT2D eigenvalue weighted by Crippen LogP contribution is 2.25. The first-order valence-electron chi connectivity index (χ1n) is 4.90. The van der Waals surface area contributed by atoms with E-state index in [1.165, 1.54) is 12.1 Å². The highest BCUT2D eigenvalue weighted by Gasteiger charge is 2.23. The van der Waals surface area contributed by atoms with E-state index in [4.69, 9.17) is 16.7 Å². The second-order valence-electron chi connectivity index (χ2n) is 3.61. The largest absolute Gasteiger partial charge is 0.398 e. The van der Waals surface area contributed by atoms with Crippen molar-refractivity contribution in [2.24, 2.45) is 5.73 Å². The van der Waals surface area contributed by atoms with Crippen LogP contribution >= 0.6 is 0 Å².